The molecule has 1 aromatic rings. The Morgan fingerprint density at radius 3 is 2.62 bits per heavy atom. The van der Waals surface area contributed by atoms with E-state index >= 15 is 0 Å². The summed E-state index contributed by atoms with van der Waals surface area (Å²) >= 11 is 0. The number of carbonyl (C=O) groups excluding carboxylic acids is 1. The molecule has 4 nitrogen and oxygen atoms in total. The first kappa shape index (κ1) is 16.8. The maximum absolute atomic E-state index is 12.8. The van der Waals surface area contributed by atoms with E-state index in [1.165, 1.54) is 11.0 Å². The molecule has 2 fully saturated rings. The van der Waals surface area contributed by atoms with Crippen LogP contribution in [0.3, 0.4) is 0 Å². The van der Waals surface area contributed by atoms with Gasteiger partial charge in [-0.15, -0.1) is 0 Å². The molecule has 1 aliphatic carbocycles. The third-order valence-corrected chi connectivity index (χ3v) is 5.05. The Morgan fingerprint density at radius 2 is 2.04 bits per heavy atom. The van der Waals surface area contributed by atoms with E-state index < -0.39 is 23.1 Å². The van der Waals surface area contributed by atoms with Crippen molar-refractivity contribution in [1.82, 2.24) is 4.90 Å². The molecule has 1 saturated carbocycles. The molecule has 0 spiro atoms. The zero-order valence-electron chi connectivity index (χ0n) is 13.1. The smallest absolute Gasteiger partial charge is 0.416 e. The van der Waals surface area contributed by atoms with Gasteiger partial charge in [-0.2, -0.15) is 13.2 Å². The highest BCUT2D eigenvalue weighted by atomic mass is 19.4. The van der Waals surface area contributed by atoms with Gasteiger partial charge in [0, 0.05) is 19.0 Å². The summed E-state index contributed by atoms with van der Waals surface area (Å²) in [4.78, 5) is 25.3. The highest BCUT2D eigenvalue weighted by Gasteiger charge is 2.50. The minimum atomic E-state index is -4.40. The first-order valence-electron chi connectivity index (χ1n) is 7.81. The minimum absolute atomic E-state index is 0.151. The van der Waals surface area contributed by atoms with Gasteiger partial charge in [0.2, 0.25) is 5.91 Å². The number of nitrogens with zero attached hydrogens (tertiary/aromatic N) is 1. The number of halogens is 3. The third kappa shape index (κ3) is 2.99. The topological polar surface area (TPSA) is 57.6 Å². The molecule has 1 saturated heterocycles. The van der Waals surface area contributed by atoms with E-state index in [2.05, 4.69) is 0 Å². The summed E-state index contributed by atoms with van der Waals surface area (Å²) in [7, 11) is 0. The van der Waals surface area contributed by atoms with Crippen LogP contribution in [0, 0.1) is 11.3 Å². The first-order chi connectivity index (χ1) is 11.1. The average molecular weight is 341 g/mol. The molecule has 1 aromatic carbocycles. The van der Waals surface area contributed by atoms with E-state index in [4.69, 9.17) is 0 Å². The summed E-state index contributed by atoms with van der Waals surface area (Å²) in [6.45, 7) is 2.15. The van der Waals surface area contributed by atoms with Crippen LogP contribution >= 0.6 is 0 Å². The zero-order chi connectivity index (χ0) is 17.7. The average Bonchev–Trinajstić information content (AvgIpc) is 3.21. The number of hydrogen-bond acceptors (Lipinski definition) is 2. The Hall–Kier alpha value is -2.05. The number of likely N-dealkylation sites (tertiary alicyclic amines) is 1. The van der Waals surface area contributed by atoms with Gasteiger partial charge in [0.1, 0.15) is 0 Å². The molecule has 0 unspecified atom stereocenters. The Labute approximate surface area is 137 Å². The molecule has 0 aromatic heterocycles. The SMILES string of the molecule is C[C@]1(C(=O)O)CCN(C(=O)[C@@H]2C[C@H]2c2cccc(C(F)(F)F)c2)C1. The molecule has 2 aliphatic rings. The summed E-state index contributed by atoms with van der Waals surface area (Å²) in [6.07, 6.45) is -3.49. The van der Waals surface area contributed by atoms with Crippen molar-refractivity contribution in [3.8, 4) is 0 Å². The van der Waals surface area contributed by atoms with E-state index in [1.54, 1.807) is 13.0 Å². The highest BCUT2D eigenvalue weighted by Crippen LogP contribution is 2.50. The fraction of sp³-hybridized carbons (Fsp3) is 0.529. The number of hydrogen-bond donors (Lipinski definition) is 1. The fourth-order valence-electron chi connectivity index (χ4n) is 3.34. The molecule has 1 N–H and O–H groups in total. The third-order valence-electron chi connectivity index (χ3n) is 5.05. The van der Waals surface area contributed by atoms with Crippen LogP contribution in [0.5, 0.6) is 0 Å². The van der Waals surface area contributed by atoms with Crippen LogP contribution in [0.2, 0.25) is 0 Å². The number of carboxylic acids is 1. The van der Waals surface area contributed by atoms with Crippen molar-refractivity contribution in [3.05, 3.63) is 35.4 Å². The number of benzene rings is 1. The normalized spacial score (nSPS) is 29.6. The second-order valence-corrected chi connectivity index (χ2v) is 6.95. The number of rotatable bonds is 3. The van der Waals surface area contributed by atoms with Crippen molar-refractivity contribution < 1.29 is 27.9 Å². The number of carboxylic acid groups (broad SMARTS) is 1. The van der Waals surface area contributed by atoms with Crippen molar-refractivity contribution in [3.63, 3.8) is 0 Å². The summed E-state index contributed by atoms with van der Waals surface area (Å²) in [5.74, 6) is -1.63. The summed E-state index contributed by atoms with van der Waals surface area (Å²) < 4.78 is 38.4. The molecule has 0 bridgehead atoms. The molecule has 1 heterocycles. The van der Waals surface area contributed by atoms with Crippen LogP contribution in [0.15, 0.2) is 24.3 Å². The van der Waals surface area contributed by atoms with E-state index in [1.807, 2.05) is 0 Å². The Bertz CT molecular complexity index is 688. The van der Waals surface area contributed by atoms with Crippen molar-refractivity contribution in [2.45, 2.75) is 31.9 Å². The van der Waals surface area contributed by atoms with E-state index in [-0.39, 0.29) is 24.3 Å². The zero-order valence-corrected chi connectivity index (χ0v) is 13.1. The number of amides is 1. The molecule has 7 heteroatoms. The van der Waals surface area contributed by atoms with Crippen molar-refractivity contribution in [1.29, 1.82) is 0 Å². The van der Waals surface area contributed by atoms with Gasteiger partial charge in [0.05, 0.1) is 11.0 Å². The molecule has 3 atom stereocenters. The van der Waals surface area contributed by atoms with Crippen molar-refractivity contribution in [2.75, 3.05) is 13.1 Å². The van der Waals surface area contributed by atoms with Crippen molar-refractivity contribution >= 4 is 11.9 Å². The number of alkyl halides is 3. The molecule has 0 radical (unpaired) electrons. The predicted octanol–water partition coefficient (Wildman–Crippen LogP) is 3.13. The van der Waals surface area contributed by atoms with Gasteiger partial charge in [0.25, 0.3) is 0 Å². The number of carbonyl (C=O) groups is 2. The van der Waals surface area contributed by atoms with Gasteiger partial charge >= 0.3 is 12.1 Å². The van der Waals surface area contributed by atoms with Crippen LogP contribution in [-0.2, 0) is 15.8 Å². The molecular weight excluding hydrogens is 323 g/mol. The quantitative estimate of drug-likeness (QED) is 0.919. The maximum Gasteiger partial charge on any atom is 0.416 e. The second kappa shape index (κ2) is 5.50. The summed E-state index contributed by atoms with van der Waals surface area (Å²) in [6, 6.07) is 5.08. The monoisotopic (exact) mass is 341 g/mol. The van der Waals surface area contributed by atoms with Crippen LogP contribution in [0.4, 0.5) is 13.2 Å². The molecular formula is C17H18F3NO3. The van der Waals surface area contributed by atoms with E-state index in [0.29, 0.717) is 24.9 Å². The first-order valence-corrected chi connectivity index (χ1v) is 7.81. The lowest BCUT2D eigenvalue weighted by Crippen LogP contribution is -2.35. The van der Waals surface area contributed by atoms with Gasteiger partial charge in [0.15, 0.2) is 0 Å². The van der Waals surface area contributed by atoms with Gasteiger partial charge in [-0.3, -0.25) is 9.59 Å². The Morgan fingerprint density at radius 1 is 1.33 bits per heavy atom. The van der Waals surface area contributed by atoms with Gasteiger partial charge in [-0.25, -0.2) is 0 Å². The summed E-state index contributed by atoms with van der Waals surface area (Å²) in [5, 5.41) is 9.22. The van der Waals surface area contributed by atoms with Crippen molar-refractivity contribution in [2.24, 2.45) is 11.3 Å². The number of aliphatic carboxylic acids is 1. The lowest BCUT2D eigenvalue weighted by Gasteiger charge is -2.20. The largest absolute Gasteiger partial charge is 0.481 e. The van der Waals surface area contributed by atoms with Crippen LogP contribution < -0.4 is 0 Å². The maximum atomic E-state index is 12.8. The van der Waals surface area contributed by atoms with E-state index in [0.717, 1.165) is 12.1 Å². The molecule has 130 valence electrons. The molecule has 3 rings (SSSR count). The molecule has 24 heavy (non-hydrogen) atoms. The Balaban J connectivity index is 1.68. The van der Waals surface area contributed by atoms with Gasteiger partial charge in [-0.1, -0.05) is 18.2 Å². The molecule has 1 aliphatic heterocycles. The second-order valence-electron chi connectivity index (χ2n) is 6.95. The van der Waals surface area contributed by atoms with Crippen LogP contribution in [0.1, 0.15) is 36.8 Å². The lowest BCUT2D eigenvalue weighted by molar-refractivity contribution is -0.147. The predicted molar refractivity (Wildman–Crippen MR) is 79.2 cm³/mol. The standard InChI is InChI=1S/C17H18F3NO3/c1-16(15(23)24)5-6-21(9-16)14(22)13-8-12(13)10-3-2-4-11(7-10)17(18,19)20/h2-4,7,12-13H,5-6,8-9H2,1H3,(H,23,24)/t12-,13+,16-/m0/s1. The minimum Gasteiger partial charge on any atom is -0.481 e. The highest BCUT2D eigenvalue weighted by molar-refractivity contribution is 5.85. The van der Waals surface area contributed by atoms with Crippen LogP contribution in [0.25, 0.3) is 0 Å². The van der Waals surface area contributed by atoms with E-state index in [9.17, 15) is 27.9 Å². The lowest BCUT2D eigenvalue weighted by atomic mass is 9.90. The van der Waals surface area contributed by atoms with Gasteiger partial charge in [-0.05, 0) is 37.3 Å². The summed E-state index contributed by atoms with van der Waals surface area (Å²) in [5.41, 5.74) is -1.13. The Kier molecular flexibility index (Phi) is 3.85. The van der Waals surface area contributed by atoms with Gasteiger partial charge < -0.3 is 10.0 Å². The molecule has 1 amide bonds. The van der Waals surface area contributed by atoms with Crippen LogP contribution in [-0.4, -0.2) is 35.0 Å². The fourth-order valence-corrected chi connectivity index (χ4v) is 3.34.